The van der Waals surface area contributed by atoms with Crippen LogP contribution in [-0.4, -0.2) is 53.5 Å². The van der Waals surface area contributed by atoms with E-state index in [2.05, 4.69) is 45.1 Å². The molecule has 3 aromatic rings. The van der Waals surface area contributed by atoms with Gasteiger partial charge in [0.05, 0.1) is 6.42 Å². The standard InChI is InChI=1S/C32H39N3O2/c36-31(23-27-9-2-1-3-10-27)35-19-16-32(17-20-35)15-7-6-13-29-12-4-5-14-30(29)37-22-21-34(26-32)25-28-11-8-18-33-24-28/h1-5,8-12,14,18,24H,6-7,13,15-17,19-23,25-26H2. The third kappa shape index (κ3) is 6.98. The molecule has 1 saturated heterocycles. The van der Waals surface area contributed by atoms with Crippen LogP contribution >= 0.6 is 0 Å². The van der Waals surface area contributed by atoms with E-state index < -0.39 is 0 Å². The normalized spacial score (nSPS) is 18.8. The number of hydrogen-bond donors (Lipinski definition) is 0. The third-order valence-corrected chi connectivity index (χ3v) is 8.10. The molecule has 0 aliphatic carbocycles. The summed E-state index contributed by atoms with van der Waals surface area (Å²) in [5.74, 6) is 1.29. The number of aryl methyl sites for hydroxylation is 1. The first kappa shape index (κ1) is 25.5. The number of benzene rings is 2. The fourth-order valence-electron chi connectivity index (χ4n) is 5.99. The van der Waals surface area contributed by atoms with E-state index in [0.717, 1.165) is 63.3 Å². The van der Waals surface area contributed by atoms with Crippen molar-refractivity contribution in [2.24, 2.45) is 5.41 Å². The van der Waals surface area contributed by atoms with Crippen molar-refractivity contribution in [3.8, 4) is 5.75 Å². The Bertz CT molecular complexity index is 1130. The summed E-state index contributed by atoms with van der Waals surface area (Å²) in [5, 5.41) is 0. The molecule has 0 saturated carbocycles. The topological polar surface area (TPSA) is 45.7 Å². The van der Waals surface area contributed by atoms with Gasteiger partial charge in [-0.05, 0) is 66.3 Å². The predicted molar refractivity (Wildman–Crippen MR) is 147 cm³/mol. The number of fused-ring (bicyclic) bond motifs is 1. The number of ether oxygens (including phenoxy) is 1. The van der Waals surface area contributed by atoms with Crippen molar-refractivity contribution in [3.63, 3.8) is 0 Å². The molecule has 194 valence electrons. The summed E-state index contributed by atoms with van der Waals surface area (Å²) in [7, 11) is 0. The lowest BCUT2D eigenvalue weighted by Crippen LogP contribution is -2.48. The van der Waals surface area contributed by atoms with Crippen LogP contribution in [0.25, 0.3) is 0 Å². The van der Waals surface area contributed by atoms with Crippen LogP contribution in [0.5, 0.6) is 5.75 Å². The average molecular weight is 498 g/mol. The highest BCUT2D eigenvalue weighted by Gasteiger charge is 2.37. The second-order valence-corrected chi connectivity index (χ2v) is 10.8. The summed E-state index contributed by atoms with van der Waals surface area (Å²) in [6.45, 7) is 5.17. The highest BCUT2D eigenvalue weighted by molar-refractivity contribution is 5.78. The fraction of sp³-hybridized carbons (Fsp3) is 0.438. The molecule has 37 heavy (non-hydrogen) atoms. The number of carbonyl (C=O) groups is 1. The number of carbonyl (C=O) groups excluding carboxylic acids is 1. The number of aromatic nitrogens is 1. The van der Waals surface area contributed by atoms with Crippen molar-refractivity contribution in [1.82, 2.24) is 14.8 Å². The lowest BCUT2D eigenvalue weighted by molar-refractivity contribution is -0.133. The zero-order valence-electron chi connectivity index (χ0n) is 21.9. The molecule has 0 radical (unpaired) electrons. The smallest absolute Gasteiger partial charge is 0.226 e. The van der Waals surface area contributed by atoms with E-state index >= 15 is 0 Å². The maximum atomic E-state index is 13.1. The lowest BCUT2D eigenvalue weighted by atomic mass is 9.73. The molecular weight excluding hydrogens is 458 g/mol. The number of nitrogens with zero attached hydrogens (tertiary/aromatic N) is 3. The van der Waals surface area contributed by atoms with Gasteiger partial charge in [0.25, 0.3) is 0 Å². The molecule has 1 aromatic heterocycles. The van der Waals surface area contributed by atoms with Crippen molar-refractivity contribution < 1.29 is 9.53 Å². The number of piperidine rings is 1. The van der Waals surface area contributed by atoms with Crippen LogP contribution in [0.1, 0.15) is 48.8 Å². The minimum atomic E-state index is 0.227. The highest BCUT2D eigenvalue weighted by atomic mass is 16.5. The largest absolute Gasteiger partial charge is 0.492 e. The highest BCUT2D eigenvalue weighted by Crippen LogP contribution is 2.39. The van der Waals surface area contributed by atoms with Gasteiger partial charge in [-0.3, -0.25) is 14.7 Å². The molecular formula is C32H39N3O2. The van der Waals surface area contributed by atoms with Crippen LogP contribution in [0, 0.1) is 5.41 Å². The Labute approximate surface area is 221 Å². The lowest BCUT2D eigenvalue weighted by Gasteiger charge is -2.45. The Morgan fingerprint density at radius 3 is 2.46 bits per heavy atom. The average Bonchev–Trinajstić information content (AvgIpc) is 2.93. The summed E-state index contributed by atoms with van der Waals surface area (Å²) < 4.78 is 6.30. The fourth-order valence-corrected chi connectivity index (χ4v) is 5.99. The molecule has 1 spiro atoms. The summed E-state index contributed by atoms with van der Waals surface area (Å²) in [5.41, 5.74) is 3.88. The molecule has 2 aliphatic heterocycles. The molecule has 3 heterocycles. The zero-order chi connectivity index (χ0) is 25.3. The Hall–Kier alpha value is -3.18. The molecule has 5 rings (SSSR count). The van der Waals surface area contributed by atoms with E-state index in [1.807, 2.05) is 48.8 Å². The van der Waals surface area contributed by atoms with Gasteiger partial charge in [0.15, 0.2) is 0 Å². The summed E-state index contributed by atoms with van der Waals surface area (Å²) >= 11 is 0. The van der Waals surface area contributed by atoms with E-state index in [4.69, 9.17) is 4.74 Å². The first-order chi connectivity index (χ1) is 18.2. The van der Waals surface area contributed by atoms with Gasteiger partial charge >= 0.3 is 0 Å². The maximum Gasteiger partial charge on any atom is 0.226 e. The first-order valence-electron chi connectivity index (χ1n) is 13.8. The van der Waals surface area contributed by atoms with Gasteiger partial charge in [-0.15, -0.1) is 0 Å². The number of amides is 1. The Balaban J connectivity index is 1.29. The van der Waals surface area contributed by atoms with E-state index in [-0.39, 0.29) is 11.3 Å². The SMILES string of the molecule is O=C(Cc1ccccc1)N1CCC2(CCCCc3ccccc3OCCN(Cc3cccnc3)C2)CC1. The summed E-state index contributed by atoms with van der Waals surface area (Å²) in [4.78, 5) is 22.1. The van der Waals surface area contributed by atoms with Crippen LogP contribution in [-0.2, 0) is 24.2 Å². The molecule has 5 nitrogen and oxygen atoms in total. The molecule has 0 atom stereocenters. The van der Waals surface area contributed by atoms with Gasteiger partial charge in [0.2, 0.25) is 5.91 Å². The van der Waals surface area contributed by atoms with Crippen molar-refractivity contribution in [2.75, 3.05) is 32.8 Å². The second kappa shape index (κ2) is 12.4. The van der Waals surface area contributed by atoms with Crippen molar-refractivity contribution in [2.45, 2.75) is 51.5 Å². The van der Waals surface area contributed by atoms with Crippen LogP contribution in [0.2, 0.25) is 0 Å². The Kier molecular flexibility index (Phi) is 8.52. The zero-order valence-corrected chi connectivity index (χ0v) is 21.9. The van der Waals surface area contributed by atoms with Crippen molar-refractivity contribution >= 4 is 5.91 Å². The minimum absolute atomic E-state index is 0.227. The minimum Gasteiger partial charge on any atom is -0.492 e. The van der Waals surface area contributed by atoms with Crippen LogP contribution in [0.15, 0.2) is 79.1 Å². The third-order valence-electron chi connectivity index (χ3n) is 8.10. The number of para-hydroxylation sites is 1. The quantitative estimate of drug-likeness (QED) is 0.475. The molecule has 1 fully saturated rings. The Morgan fingerprint density at radius 2 is 1.65 bits per heavy atom. The van der Waals surface area contributed by atoms with Crippen molar-refractivity contribution in [3.05, 3.63) is 95.8 Å². The van der Waals surface area contributed by atoms with Gasteiger partial charge in [-0.1, -0.05) is 61.0 Å². The molecule has 2 aromatic carbocycles. The predicted octanol–water partition coefficient (Wildman–Crippen LogP) is 5.54. The van der Waals surface area contributed by atoms with Gasteiger partial charge in [0.1, 0.15) is 12.4 Å². The van der Waals surface area contributed by atoms with Crippen LogP contribution in [0.4, 0.5) is 0 Å². The molecule has 5 heteroatoms. The van der Waals surface area contributed by atoms with E-state index in [0.29, 0.717) is 13.0 Å². The van der Waals surface area contributed by atoms with E-state index in [1.165, 1.54) is 30.4 Å². The first-order valence-corrected chi connectivity index (χ1v) is 13.8. The molecule has 0 unspecified atom stereocenters. The maximum absolute atomic E-state index is 13.1. The second-order valence-electron chi connectivity index (χ2n) is 10.8. The summed E-state index contributed by atoms with van der Waals surface area (Å²) in [6.07, 6.45) is 11.1. The molecule has 0 bridgehead atoms. The number of hydrogen-bond acceptors (Lipinski definition) is 4. The monoisotopic (exact) mass is 497 g/mol. The summed E-state index contributed by atoms with van der Waals surface area (Å²) in [6, 6.07) is 22.8. The van der Waals surface area contributed by atoms with Crippen LogP contribution in [0.3, 0.4) is 0 Å². The van der Waals surface area contributed by atoms with E-state index in [9.17, 15) is 4.79 Å². The van der Waals surface area contributed by atoms with Gasteiger partial charge in [-0.2, -0.15) is 0 Å². The number of rotatable bonds is 4. The van der Waals surface area contributed by atoms with Crippen molar-refractivity contribution in [1.29, 1.82) is 0 Å². The van der Waals surface area contributed by atoms with Gasteiger partial charge in [0, 0.05) is 45.1 Å². The molecule has 1 amide bonds. The Morgan fingerprint density at radius 1 is 0.865 bits per heavy atom. The van der Waals surface area contributed by atoms with Crippen LogP contribution < -0.4 is 4.74 Å². The molecule has 2 aliphatic rings. The van der Waals surface area contributed by atoms with Gasteiger partial charge < -0.3 is 9.64 Å². The molecule has 0 N–H and O–H groups in total. The number of pyridine rings is 1. The number of likely N-dealkylation sites (tertiary alicyclic amines) is 1. The van der Waals surface area contributed by atoms with E-state index in [1.54, 1.807) is 0 Å². The van der Waals surface area contributed by atoms with Gasteiger partial charge in [-0.25, -0.2) is 0 Å².